The minimum Gasteiger partial charge on any atom is -0.355 e. The molecule has 0 spiro atoms. The average Bonchev–Trinajstić information content (AvgIpc) is 2.60. The second-order valence-electron chi connectivity index (χ2n) is 4.92. The standard InChI is InChI=1S/C15H12N6O4/c22-12(18-10-5-1-3-7-16-10)9-17-14-13(21(24)25)15(23)20-8-4-2-6-11(20)19-14/h1-8,17H,9H2,(H,16,18,22). The third-order valence-corrected chi connectivity index (χ3v) is 3.24. The number of amides is 1. The summed E-state index contributed by atoms with van der Waals surface area (Å²) in [6, 6.07) is 9.74. The molecular formula is C15H12N6O4. The summed E-state index contributed by atoms with van der Waals surface area (Å²) in [7, 11) is 0. The van der Waals surface area contributed by atoms with Crippen molar-refractivity contribution < 1.29 is 9.72 Å². The van der Waals surface area contributed by atoms with Crippen LogP contribution in [0.3, 0.4) is 0 Å². The quantitative estimate of drug-likeness (QED) is 0.524. The van der Waals surface area contributed by atoms with E-state index >= 15 is 0 Å². The van der Waals surface area contributed by atoms with Crippen LogP contribution >= 0.6 is 0 Å². The van der Waals surface area contributed by atoms with E-state index in [0.717, 1.165) is 4.40 Å². The summed E-state index contributed by atoms with van der Waals surface area (Å²) in [5, 5.41) is 16.3. The highest BCUT2D eigenvalue weighted by molar-refractivity contribution is 5.93. The van der Waals surface area contributed by atoms with Gasteiger partial charge in [0, 0.05) is 12.4 Å². The molecule has 0 aliphatic carbocycles. The largest absolute Gasteiger partial charge is 0.376 e. The van der Waals surface area contributed by atoms with Gasteiger partial charge in [-0.25, -0.2) is 9.97 Å². The highest BCUT2D eigenvalue weighted by Crippen LogP contribution is 2.17. The molecule has 0 aromatic carbocycles. The fraction of sp³-hybridized carbons (Fsp3) is 0.0667. The Kier molecular flexibility index (Phi) is 4.33. The molecule has 126 valence electrons. The van der Waals surface area contributed by atoms with E-state index in [1.165, 1.54) is 18.5 Å². The summed E-state index contributed by atoms with van der Waals surface area (Å²) in [6.45, 7) is -0.313. The second kappa shape index (κ2) is 6.74. The van der Waals surface area contributed by atoms with Crippen LogP contribution in [0.5, 0.6) is 0 Å². The Morgan fingerprint density at radius 2 is 2.04 bits per heavy atom. The van der Waals surface area contributed by atoms with Gasteiger partial charge in [0.1, 0.15) is 11.5 Å². The van der Waals surface area contributed by atoms with Crippen molar-refractivity contribution in [2.45, 2.75) is 0 Å². The van der Waals surface area contributed by atoms with Crippen LogP contribution in [0.4, 0.5) is 17.3 Å². The van der Waals surface area contributed by atoms with Crippen LogP contribution < -0.4 is 16.2 Å². The van der Waals surface area contributed by atoms with Crippen LogP contribution in [0.25, 0.3) is 5.65 Å². The Morgan fingerprint density at radius 3 is 2.76 bits per heavy atom. The number of anilines is 2. The molecular weight excluding hydrogens is 328 g/mol. The highest BCUT2D eigenvalue weighted by Gasteiger charge is 2.23. The second-order valence-corrected chi connectivity index (χ2v) is 4.92. The maximum atomic E-state index is 12.3. The zero-order valence-electron chi connectivity index (χ0n) is 12.7. The number of hydrogen-bond acceptors (Lipinski definition) is 7. The van der Waals surface area contributed by atoms with Crippen LogP contribution in [-0.2, 0) is 4.79 Å². The van der Waals surface area contributed by atoms with Gasteiger partial charge in [-0.1, -0.05) is 12.1 Å². The molecule has 0 unspecified atom stereocenters. The van der Waals surface area contributed by atoms with Gasteiger partial charge >= 0.3 is 11.2 Å². The summed E-state index contributed by atoms with van der Waals surface area (Å²) in [5.41, 5.74) is -1.33. The topological polar surface area (TPSA) is 132 Å². The van der Waals surface area contributed by atoms with Gasteiger partial charge in [0.05, 0.1) is 11.5 Å². The molecule has 10 nitrogen and oxygen atoms in total. The van der Waals surface area contributed by atoms with Gasteiger partial charge in [-0.15, -0.1) is 0 Å². The Hall–Kier alpha value is -3.82. The Balaban J connectivity index is 1.85. The number of nitro groups is 1. The van der Waals surface area contributed by atoms with Gasteiger partial charge in [-0.3, -0.25) is 24.1 Å². The van der Waals surface area contributed by atoms with Crippen molar-refractivity contribution in [3.63, 3.8) is 0 Å². The van der Waals surface area contributed by atoms with E-state index in [1.807, 2.05) is 0 Å². The number of nitrogens with zero attached hydrogens (tertiary/aromatic N) is 4. The van der Waals surface area contributed by atoms with E-state index < -0.39 is 22.1 Å². The number of pyridine rings is 2. The molecule has 0 aliphatic heterocycles. The van der Waals surface area contributed by atoms with E-state index in [2.05, 4.69) is 20.6 Å². The molecule has 3 heterocycles. The van der Waals surface area contributed by atoms with Crippen LogP contribution in [0.1, 0.15) is 0 Å². The SMILES string of the molecule is O=C(CNc1nc2ccccn2c(=O)c1[N+](=O)[O-])Nc1ccccn1. The van der Waals surface area contributed by atoms with Crippen molar-refractivity contribution in [3.8, 4) is 0 Å². The maximum Gasteiger partial charge on any atom is 0.376 e. The van der Waals surface area contributed by atoms with Gasteiger partial charge in [0.25, 0.3) is 0 Å². The van der Waals surface area contributed by atoms with E-state index in [-0.39, 0.29) is 18.0 Å². The van der Waals surface area contributed by atoms with Crippen LogP contribution in [0, 0.1) is 10.1 Å². The number of aromatic nitrogens is 3. The molecule has 0 aliphatic rings. The monoisotopic (exact) mass is 340 g/mol. The number of nitrogens with one attached hydrogen (secondary N) is 2. The van der Waals surface area contributed by atoms with E-state index in [4.69, 9.17) is 0 Å². The third-order valence-electron chi connectivity index (χ3n) is 3.24. The molecule has 3 aromatic rings. The third kappa shape index (κ3) is 3.42. The van der Waals surface area contributed by atoms with Crippen molar-refractivity contribution in [2.75, 3.05) is 17.2 Å². The van der Waals surface area contributed by atoms with E-state index in [0.29, 0.717) is 5.82 Å². The molecule has 0 saturated carbocycles. The first-order chi connectivity index (χ1) is 12.1. The predicted octanol–water partition coefficient (Wildman–Crippen LogP) is 1.05. The van der Waals surface area contributed by atoms with E-state index in [9.17, 15) is 19.7 Å². The van der Waals surface area contributed by atoms with Crippen molar-refractivity contribution in [3.05, 3.63) is 69.3 Å². The number of carbonyl (C=O) groups excluding carboxylic acids is 1. The zero-order chi connectivity index (χ0) is 17.8. The van der Waals surface area contributed by atoms with Crippen LogP contribution in [0.2, 0.25) is 0 Å². The normalized spacial score (nSPS) is 10.4. The summed E-state index contributed by atoms with van der Waals surface area (Å²) in [6.07, 6.45) is 2.90. The van der Waals surface area contributed by atoms with Crippen molar-refractivity contribution in [2.24, 2.45) is 0 Å². The van der Waals surface area contributed by atoms with Crippen molar-refractivity contribution >= 4 is 28.9 Å². The molecule has 25 heavy (non-hydrogen) atoms. The first-order valence-electron chi connectivity index (χ1n) is 7.17. The lowest BCUT2D eigenvalue weighted by Crippen LogP contribution is -2.26. The Bertz CT molecular complexity index is 1000. The summed E-state index contributed by atoms with van der Waals surface area (Å²) < 4.78 is 1.07. The number of fused-ring (bicyclic) bond motifs is 1. The first kappa shape index (κ1) is 16.1. The maximum absolute atomic E-state index is 12.3. The smallest absolute Gasteiger partial charge is 0.355 e. The lowest BCUT2D eigenvalue weighted by molar-refractivity contribution is -0.385. The lowest BCUT2D eigenvalue weighted by Gasteiger charge is -2.08. The molecule has 0 radical (unpaired) electrons. The molecule has 3 aromatic heterocycles. The Labute approximate surface area is 140 Å². The molecule has 0 saturated heterocycles. The molecule has 0 bridgehead atoms. The van der Waals surface area contributed by atoms with Gasteiger partial charge in [-0.2, -0.15) is 0 Å². The summed E-state index contributed by atoms with van der Waals surface area (Å²) >= 11 is 0. The minimum absolute atomic E-state index is 0.228. The molecule has 3 rings (SSSR count). The van der Waals surface area contributed by atoms with E-state index in [1.54, 1.807) is 30.3 Å². The Morgan fingerprint density at radius 1 is 1.24 bits per heavy atom. The number of hydrogen-bond donors (Lipinski definition) is 2. The first-order valence-corrected chi connectivity index (χ1v) is 7.17. The molecule has 10 heteroatoms. The van der Waals surface area contributed by atoms with Crippen LogP contribution in [-0.4, -0.2) is 31.7 Å². The molecule has 0 atom stereocenters. The number of carbonyl (C=O) groups is 1. The molecule has 0 fully saturated rings. The fourth-order valence-electron chi connectivity index (χ4n) is 2.16. The van der Waals surface area contributed by atoms with Gasteiger partial charge in [-0.05, 0) is 24.3 Å². The van der Waals surface area contributed by atoms with Crippen LogP contribution in [0.15, 0.2) is 53.6 Å². The average molecular weight is 340 g/mol. The fourth-order valence-corrected chi connectivity index (χ4v) is 2.16. The summed E-state index contributed by atoms with van der Waals surface area (Å²) in [4.78, 5) is 42.6. The van der Waals surface area contributed by atoms with Gasteiger partial charge < -0.3 is 10.6 Å². The highest BCUT2D eigenvalue weighted by atomic mass is 16.6. The lowest BCUT2D eigenvalue weighted by atomic mass is 10.4. The zero-order valence-corrected chi connectivity index (χ0v) is 12.7. The van der Waals surface area contributed by atoms with Crippen molar-refractivity contribution in [1.82, 2.24) is 14.4 Å². The van der Waals surface area contributed by atoms with Gasteiger partial charge in [0.15, 0.2) is 0 Å². The van der Waals surface area contributed by atoms with Crippen molar-refractivity contribution in [1.29, 1.82) is 0 Å². The predicted molar refractivity (Wildman–Crippen MR) is 89.5 cm³/mol. The summed E-state index contributed by atoms with van der Waals surface area (Å²) in [5.74, 6) is -0.407. The number of rotatable bonds is 5. The molecule has 2 N–H and O–H groups in total. The molecule has 1 amide bonds. The van der Waals surface area contributed by atoms with Gasteiger partial charge in [0.2, 0.25) is 11.7 Å². The minimum atomic E-state index is -0.830.